The van der Waals surface area contributed by atoms with Crippen molar-refractivity contribution in [3.8, 4) is 11.4 Å². The normalized spacial score (nSPS) is 16.8. The van der Waals surface area contributed by atoms with Crippen LogP contribution in [0.5, 0.6) is 5.75 Å². The van der Waals surface area contributed by atoms with E-state index in [4.69, 9.17) is 9.84 Å². The molecule has 0 saturated heterocycles. The first-order valence-electron chi connectivity index (χ1n) is 13.5. The predicted molar refractivity (Wildman–Crippen MR) is 175 cm³/mol. The Bertz CT molecular complexity index is 2070. The summed E-state index contributed by atoms with van der Waals surface area (Å²) < 4.78 is 8.09. The summed E-state index contributed by atoms with van der Waals surface area (Å²) in [7, 11) is 3.57. The number of thiazole rings is 1. The molecule has 2 aliphatic heterocycles. The van der Waals surface area contributed by atoms with Crippen molar-refractivity contribution < 1.29 is 9.53 Å². The third-order valence-corrected chi connectivity index (χ3v) is 9.66. The zero-order valence-electron chi connectivity index (χ0n) is 23.2. The van der Waals surface area contributed by atoms with Gasteiger partial charge in [-0.2, -0.15) is 5.01 Å². The Hall–Kier alpha value is -5.06. The van der Waals surface area contributed by atoms with Crippen LogP contribution in [0.15, 0.2) is 124 Å². The molecule has 1 amide bonds. The lowest BCUT2D eigenvalue weighted by Gasteiger charge is -2.13. The molecule has 0 fully saturated rings. The monoisotopic (exact) mass is 603 g/mol. The first kappa shape index (κ1) is 26.8. The highest BCUT2D eigenvalue weighted by molar-refractivity contribution is 8.08. The van der Waals surface area contributed by atoms with E-state index in [0.717, 1.165) is 27.0 Å². The van der Waals surface area contributed by atoms with Gasteiger partial charge < -0.3 is 15.0 Å². The number of fused-ring (bicyclic) bond motifs is 1. The van der Waals surface area contributed by atoms with Gasteiger partial charge in [-0.05, 0) is 48.5 Å². The van der Waals surface area contributed by atoms with E-state index in [-0.39, 0.29) is 11.5 Å². The number of ether oxygens (including phenoxy) is 1. The lowest BCUT2D eigenvalue weighted by molar-refractivity contribution is -0.112. The Morgan fingerprint density at radius 2 is 1.47 bits per heavy atom. The molecule has 7 rings (SSSR count). The number of nitrogens with zero attached hydrogens (tertiary/aromatic N) is 4. The molecule has 0 bridgehead atoms. The number of amides is 1. The molecule has 0 spiro atoms. The van der Waals surface area contributed by atoms with E-state index in [1.165, 1.54) is 28.1 Å². The van der Waals surface area contributed by atoms with E-state index < -0.39 is 0 Å². The van der Waals surface area contributed by atoms with Gasteiger partial charge in [0.1, 0.15) is 25.5 Å². The summed E-state index contributed by atoms with van der Waals surface area (Å²) >= 11 is 2.82. The van der Waals surface area contributed by atoms with Crippen LogP contribution in [0.25, 0.3) is 16.3 Å². The van der Waals surface area contributed by atoms with Gasteiger partial charge in [-0.15, -0.1) is 16.4 Å². The molecule has 1 aromatic heterocycles. The van der Waals surface area contributed by atoms with Gasteiger partial charge in [0.25, 0.3) is 11.5 Å². The number of amidine groups is 1. The number of carbonyl (C=O) groups excluding carboxylic acids is 1. The lowest BCUT2D eigenvalue weighted by Crippen LogP contribution is -2.35. The summed E-state index contributed by atoms with van der Waals surface area (Å²) in [5, 5.41) is 10.2. The third kappa shape index (κ3) is 4.70. The molecular formula is C33H25N5O3S2. The van der Waals surface area contributed by atoms with Crippen molar-refractivity contribution >= 4 is 62.5 Å². The van der Waals surface area contributed by atoms with Crippen LogP contribution >= 0.6 is 23.1 Å². The average Bonchev–Trinajstić information content (AvgIpc) is 3.67. The summed E-state index contributed by atoms with van der Waals surface area (Å²) in [4.78, 5) is 31.6. The second kappa shape index (κ2) is 11.0. The molecule has 2 aliphatic rings. The van der Waals surface area contributed by atoms with Crippen LogP contribution in [-0.4, -0.2) is 30.5 Å². The maximum atomic E-state index is 14.4. The number of hydrazone groups is 1. The predicted octanol–water partition coefficient (Wildman–Crippen LogP) is 4.84. The maximum absolute atomic E-state index is 14.4. The molecule has 0 unspecified atom stereocenters. The Morgan fingerprint density at radius 3 is 2.14 bits per heavy atom. The third-order valence-electron chi connectivity index (χ3n) is 7.14. The Morgan fingerprint density at radius 1 is 0.814 bits per heavy atom. The molecule has 0 atom stereocenters. The minimum absolute atomic E-state index is 0.210. The fourth-order valence-corrected chi connectivity index (χ4v) is 7.50. The van der Waals surface area contributed by atoms with E-state index in [9.17, 15) is 9.59 Å². The number of nitrogens with one attached hydrogen (secondary N) is 1. The zero-order valence-corrected chi connectivity index (χ0v) is 24.9. The van der Waals surface area contributed by atoms with E-state index in [1.54, 1.807) is 11.7 Å². The SMILES string of the molecule is COc1ccc2c(c1)N(C)/C(=c1/s/c(=C3/C(=O)N(c4ccccc4)N=C3Nc3ccccc3)n(-c3ccccc3)c1=O)S2. The van der Waals surface area contributed by atoms with E-state index in [0.29, 0.717) is 32.0 Å². The van der Waals surface area contributed by atoms with Crippen LogP contribution in [0.1, 0.15) is 0 Å². The van der Waals surface area contributed by atoms with Crippen LogP contribution in [0.2, 0.25) is 0 Å². The van der Waals surface area contributed by atoms with Gasteiger partial charge in [0.2, 0.25) is 0 Å². The van der Waals surface area contributed by atoms with E-state index in [2.05, 4.69) is 5.32 Å². The molecule has 3 heterocycles. The van der Waals surface area contributed by atoms with E-state index in [1.807, 2.05) is 121 Å². The summed E-state index contributed by atoms with van der Waals surface area (Å²) in [5.41, 5.74) is 3.12. The standard InChI is InChI=1S/C33H25N5O3S2/c1-36-25-20-24(41-2)18-19-26(25)42-33(36)28-31(40)37(22-14-8-4-9-15-22)32(43-28)27-29(34-21-12-6-3-7-13-21)35-38(30(27)39)23-16-10-5-11-17-23/h3-20H,1-2H3,(H,34,35)/b32-27+,33-28-. The van der Waals surface area contributed by atoms with Gasteiger partial charge in [-0.3, -0.25) is 14.2 Å². The highest BCUT2D eigenvalue weighted by atomic mass is 32.2. The van der Waals surface area contributed by atoms with Crippen molar-refractivity contribution in [3.63, 3.8) is 0 Å². The van der Waals surface area contributed by atoms with Crippen molar-refractivity contribution in [2.24, 2.45) is 5.10 Å². The minimum Gasteiger partial charge on any atom is -0.497 e. The van der Waals surface area contributed by atoms with Crippen molar-refractivity contribution in [1.82, 2.24) is 4.57 Å². The first-order valence-corrected chi connectivity index (χ1v) is 15.1. The van der Waals surface area contributed by atoms with Crippen molar-refractivity contribution in [1.29, 1.82) is 0 Å². The smallest absolute Gasteiger partial charge is 0.285 e. The highest BCUT2D eigenvalue weighted by Crippen LogP contribution is 2.46. The largest absolute Gasteiger partial charge is 0.497 e. The summed E-state index contributed by atoms with van der Waals surface area (Å²) in [6.07, 6.45) is 0. The Labute approximate surface area is 255 Å². The second-order valence-electron chi connectivity index (χ2n) is 9.78. The number of rotatable bonds is 4. The Balaban J connectivity index is 1.51. The first-order chi connectivity index (χ1) is 21.0. The average molecular weight is 604 g/mol. The fraction of sp³-hybridized carbons (Fsp3) is 0.0606. The summed E-state index contributed by atoms with van der Waals surface area (Å²) in [6, 6.07) is 34.1. The number of methoxy groups -OCH3 is 1. The maximum Gasteiger partial charge on any atom is 0.285 e. The number of hydrogen-bond donors (Lipinski definition) is 1. The quantitative estimate of drug-likeness (QED) is 0.317. The molecule has 212 valence electrons. The molecular weight excluding hydrogens is 579 g/mol. The van der Waals surface area contributed by atoms with Gasteiger partial charge in [0.15, 0.2) is 5.84 Å². The van der Waals surface area contributed by atoms with Gasteiger partial charge in [0.05, 0.1) is 24.2 Å². The number of thioether (sulfide) groups is 1. The molecule has 0 radical (unpaired) electrons. The molecule has 5 aromatic rings. The molecule has 1 N–H and O–H groups in total. The van der Waals surface area contributed by atoms with Crippen LogP contribution < -0.4 is 34.7 Å². The number of hydrogen-bond acceptors (Lipinski definition) is 8. The van der Waals surface area contributed by atoms with Crippen LogP contribution in [0.3, 0.4) is 0 Å². The summed E-state index contributed by atoms with van der Waals surface area (Å²) in [6.45, 7) is 0. The van der Waals surface area contributed by atoms with Crippen LogP contribution in [0.4, 0.5) is 17.1 Å². The number of anilines is 3. The van der Waals surface area contributed by atoms with Crippen LogP contribution in [-0.2, 0) is 4.79 Å². The molecule has 10 heteroatoms. The number of aromatic nitrogens is 1. The van der Waals surface area contributed by atoms with Gasteiger partial charge in [-0.1, -0.05) is 66.4 Å². The Kier molecular flexibility index (Phi) is 6.84. The number of para-hydroxylation sites is 3. The van der Waals surface area contributed by atoms with Crippen molar-refractivity contribution in [2.75, 3.05) is 29.4 Å². The van der Waals surface area contributed by atoms with Gasteiger partial charge in [-0.25, -0.2) is 0 Å². The van der Waals surface area contributed by atoms with E-state index >= 15 is 0 Å². The van der Waals surface area contributed by atoms with Crippen LogP contribution in [0, 0.1) is 0 Å². The minimum atomic E-state index is -0.326. The summed E-state index contributed by atoms with van der Waals surface area (Å²) in [5.74, 6) is 0.775. The molecule has 43 heavy (non-hydrogen) atoms. The second-order valence-corrected chi connectivity index (χ2v) is 11.8. The topological polar surface area (TPSA) is 79.2 Å². The van der Waals surface area contributed by atoms with Gasteiger partial charge >= 0.3 is 0 Å². The molecule has 0 aliphatic carbocycles. The highest BCUT2D eigenvalue weighted by Gasteiger charge is 2.35. The molecule has 4 aromatic carbocycles. The molecule has 8 nitrogen and oxygen atoms in total. The van der Waals surface area contributed by atoms with Crippen molar-refractivity contribution in [2.45, 2.75) is 4.90 Å². The zero-order chi connectivity index (χ0) is 29.5. The number of carbonyl (C=O) groups is 1. The van der Waals surface area contributed by atoms with Crippen molar-refractivity contribution in [3.05, 3.63) is 129 Å². The number of benzene rings is 4. The lowest BCUT2D eigenvalue weighted by atomic mass is 10.2. The molecule has 0 saturated carbocycles. The van der Waals surface area contributed by atoms with Gasteiger partial charge in [0, 0.05) is 23.7 Å². The fourth-order valence-electron chi connectivity index (χ4n) is 5.03.